The van der Waals surface area contributed by atoms with Gasteiger partial charge in [-0.2, -0.15) is 0 Å². The molecule has 0 amide bonds. The molecule has 0 bridgehead atoms. The van der Waals surface area contributed by atoms with Crippen molar-refractivity contribution < 1.29 is 8.42 Å². The van der Waals surface area contributed by atoms with E-state index >= 15 is 0 Å². The average Bonchev–Trinajstić information content (AvgIpc) is 2.40. The lowest BCUT2D eigenvalue weighted by atomic mass is 10.2. The summed E-state index contributed by atoms with van der Waals surface area (Å²) in [7, 11) is -3.24. The van der Waals surface area contributed by atoms with Gasteiger partial charge in [-0.05, 0) is 55.8 Å². The highest BCUT2D eigenvalue weighted by molar-refractivity contribution is 7.92. The monoisotopic (exact) mass is 304 g/mol. The van der Waals surface area contributed by atoms with Crippen LogP contribution in [-0.2, 0) is 10.0 Å². The second kappa shape index (κ2) is 6.18. The van der Waals surface area contributed by atoms with E-state index in [4.69, 9.17) is 0 Å². The van der Waals surface area contributed by atoms with Gasteiger partial charge in [-0.15, -0.1) is 0 Å². The number of sulfonamides is 1. The van der Waals surface area contributed by atoms with Crippen LogP contribution in [-0.4, -0.2) is 21.2 Å². The minimum absolute atomic E-state index is 0.571. The summed E-state index contributed by atoms with van der Waals surface area (Å²) in [5, 5.41) is 0. The van der Waals surface area contributed by atoms with E-state index in [2.05, 4.69) is 41.7 Å². The third kappa shape index (κ3) is 4.23. The zero-order chi connectivity index (χ0) is 15.5. The fourth-order valence-corrected chi connectivity index (χ4v) is 2.80. The van der Waals surface area contributed by atoms with Gasteiger partial charge < -0.3 is 4.90 Å². The van der Waals surface area contributed by atoms with Gasteiger partial charge in [0.05, 0.1) is 6.26 Å². The molecule has 1 N–H and O–H groups in total. The summed E-state index contributed by atoms with van der Waals surface area (Å²) < 4.78 is 24.9. The first-order valence-electron chi connectivity index (χ1n) is 6.81. The zero-order valence-electron chi connectivity index (χ0n) is 12.5. The Bertz CT molecular complexity index is 709. The van der Waals surface area contributed by atoms with Gasteiger partial charge in [0.2, 0.25) is 10.0 Å². The molecule has 0 aromatic heterocycles. The van der Waals surface area contributed by atoms with Crippen molar-refractivity contribution in [3.8, 4) is 0 Å². The van der Waals surface area contributed by atoms with Crippen LogP contribution in [0.25, 0.3) is 0 Å². The van der Waals surface area contributed by atoms with E-state index in [0.717, 1.165) is 24.2 Å². The minimum Gasteiger partial charge on any atom is -0.342 e. The van der Waals surface area contributed by atoms with Crippen molar-refractivity contribution in [3.63, 3.8) is 0 Å². The highest BCUT2D eigenvalue weighted by Gasteiger charge is 2.08. The van der Waals surface area contributed by atoms with Gasteiger partial charge in [0.15, 0.2) is 0 Å². The molecule has 2 aromatic rings. The highest BCUT2D eigenvalue weighted by atomic mass is 32.2. The van der Waals surface area contributed by atoms with Gasteiger partial charge in [0.1, 0.15) is 0 Å². The predicted octanol–water partition coefficient (Wildman–Crippen LogP) is 3.52. The van der Waals surface area contributed by atoms with E-state index in [1.54, 1.807) is 12.1 Å². The maximum Gasteiger partial charge on any atom is 0.229 e. The zero-order valence-corrected chi connectivity index (χ0v) is 13.3. The number of benzene rings is 2. The van der Waals surface area contributed by atoms with Crippen LogP contribution in [0, 0.1) is 6.92 Å². The molecule has 0 saturated carbocycles. The Morgan fingerprint density at radius 2 is 1.71 bits per heavy atom. The standard InChI is InChI=1S/C16H20N2O2S/c1-4-18(16-7-5-6-13(2)12-16)15-10-8-14(9-11-15)17-21(3,19)20/h5-12,17H,4H2,1-3H3. The summed E-state index contributed by atoms with van der Waals surface area (Å²) in [5.74, 6) is 0. The number of nitrogens with one attached hydrogen (secondary N) is 1. The van der Waals surface area contributed by atoms with Gasteiger partial charge in [0, 0.05) is 23.6 Å². The topological polar surface area (TPSA) is 49.4 Å². The number of hydrogen-bond donors (Lipinski definition) is 1. The first-order valence-corrected chi connectivity index (χ1v) is 8.70. The van der Waals surface area contributed by atoms with Crippen LogP contribution in [0.2, 0.25) is 0 Å². The Morgan fingerprint density at radius 3 is 2.24 bits per heavy atom. The lowest BCUT2D eigenvalue weighted by molar-refractivity contribution is 0.607. The first kappa shape index (κ1) is 15.4. The molecule has 0 aliphatic carbocycles. The molecule has 0 aliphatic heterocycles. The van der Waals surface area contributed by atoms with Crippen LogP contribution >= 0.6 is 0 Å². The smallest absolute Gasteiger partial charge is 0.229 e. The molecule has 0 aliphatic rings. The molecule has 112 valence electrons. The Hall–Kier alpha value is -2.01. The van der Waals surface area contributed by atoms with Crippen molar-refractivity contribution in [1.82, 2.24) is 0 Å². The summed E-state index contributed by atoms with van der Waals surface area (Å²) in [4.78, 5) is 2.18. The van der Waals surface area contributed by atoms with Gasteiger partial charge in [-0.25, -0.2) is 8.42 Å². The lowest BCUT2D eigenvalue weighted by Gasteiger charge is -2.24. The third-order valence-corrected chi connectivity index (χ3v) is 3.72. The summed E-state index contributed by atoms with van der Waals surface area (Å²) in [6.07, 6.45) is 1.14. The molecular formula is C16H20N2O2S. The van der Waals surface area contributed by atoms with E-state index < -0.39 is 10.0 Å². The Morgan fingerprint density at radius 1 is 1.05 bits per heavy atom. The van der Waals surface area contributed by atoms with Crippen molar-refractivity contribution in [2.75, 3.05) is 22.4 Å². The molecule has 0 unspecified atom stereocenters. The maximum atomic E-state index is 11.2. The van der Waals surface area contributed by atoms with Crippen LogP contribution in [0.1, 0.15) is 12.5 Å². The van der Waals surface area contributed by atoms with E-state index in [0.29, 0.717) is 5.69 Å². The van der Waals surface area contributed by atoms with E-state index in [9.17, 15) is 8.42 Å². The number of rotatable bonds is 5. The quantitative estimate of drug-likeness (QED) is 0.919. The summed E-state index contributed by atoms with van der Waals surface area (Å²) in [6.45, 7) is 4.99. The molecule has 0 fully saturated rings. The van der Waals surface area contributed by atoms with Gasteiger partial charge in [0.25, 0.3) is 0 Å². The third-order valence-electron chi connectivity index (χ3n) is 3.11. The molecule has 0 saturated heterocycles. The fraction of sp³-hybridized carbons (Fsp3) is 0.250. The molecular weight excluding hydrogens is 284 g/mol. The molecule has 5 heteroatoms. The van der Waals surface area contributed by atoms with Crippen LogP contribution < -0.4 is 9.62 Å². The van der Waals surface area contributed by atoms with Crippen molar-refractivity contribution in [2.45, 2.75) is 13.8 Å². The molecule has 4 nitrogen and oxygen atoms in total. The van der Waals surface area contributed by atoms with Crippen LogP contribution in [0.15, 0.2) is 48.5 Å². The second-order valence-electron chi connectivity index (χ2n) is 5.00. The van der Waals surface area contributed by atoms with Crippen LogP contribution in [0.4, 0.5) is 17.1 Å². The molecule has 0 spiro atoms. The number of hydrogen-bond acceptors (Lipinski definition) is 3. The number of nitrogens with zero attached hydrogens (tertiary/aromatic N) is 1. The SMILES string of the molecule is CCN(c1ccc(NS(C)(=O)=O)cc1)c1cccc(C)c1. The Kier molecular flexibility index (Phi) is 4.53. The largest absolute Gasteiger partial charge is 0.342 e. The van der Waals surface area contributed by atoms with Crippen LogP contribution in [0.5, 0.6) is 0 Å². The summed E-state index contributed by atoms with van der Waals surface area (Å²) in [5.41, 5.74) is 3.94. The lowest BCUT2D eigenvalue weighted by Crippen LogP contribution is -2.16. The fourth-order valence-electron chi connectivity index (χ4n) is 2.23. The molecule has 21 heavy (non-hydrogen) atoms. The Labute approximate surface area is 126 Å². The first-order chi connectivity index (χ1) is 9.89. The van der Waals surface area contributed by atoms with Crippen molar-refractivity contribution in [1.29, 1.82) is 0 Å². The van der Waals surface area contributed by atoms with Crippen molar-refractivity contribution in [3.05, 3.63) is 54.1 Å². The molecule has 0 radical (unpaired) electrons. The number of anilines is 3. The Balaban J connectivity index is 2.27. The normalized spacial score (nSPS) is 11.2. The predicted molar refractivity (Wildman–Crippen MR) is 88.8 cm³/mol. The van der Waals surface area contributed by atoms with E-state index in [1.807, 2.05) is 18.2 Å². The maximum absolute atomic E-state index is 11.2. The van der Waals surface area contributed by atoms with Crippen molar-refractivity contribution in [2.24, 2.45) is 0 Å². The minimum atomic E-state index is -3.24. The van der Waals surface area contributed by atoms with Crippen LogP contribution in [0.3, 0.4) is 0 Å². The molecule has 2 rings (SSSR count). The van der Waals surface area contributed by atoms with Gasteiger partial charge in [-0.1, -0.05) is 12.1 Å². The van der Waals surface area contributed by atoms with Gasteiger partial charge >= 0.3 is 0 Å². The number of aryl methyl sites for hydroxylation is 1. The van der Waals surface area contributed by atoms with Crippen molar-refractivity contribution >= 4 is 27.1 Å². The molecule has 0 atom stereocenters. The van der Waals surface area contributed by atoms with E-state index in [1.165, 1.54) is 5.56 Å². The molecule has 2 aromatic carbocycles. The van der Waals surface area contributed by atoms with Gasteiger partial charge in [-0.3, -0.25) is 4.72 Å². The van der Waals surface area contributed by atoms with E-state index in [-0.39, 0.29) is 0 Å². The second-order valence-corrected chi connectivity index (χ2v) is 6.75. The summed E-state index contributed by atoms with van der Waals surface area (Å²) >= 11 is 0. The molecule has 0 heterocycles. The average molecular weight is 304 g/mol. The summed E-state index contributed by atoms with van der Waals surface area (Å²) in [6, 6.07) is 15.7. The highest BCUT2D eigenvalue weighted by Crippen LogP contribution is 2.27.